The van der Waals surface area contributed by atoms with Gasteiger partial charge in [0.1, 0.15) is 17.3 Å². The number of ether oxygens (including phenoxy) is 3. The van der Waals surface area contributed by atoms with Crippen LogP contribution in [0, 0.1) is 0 Å². The molecule has 0 saturated carbocycles. The highest BCUT2D eigenvalue weighted by Gasteiger charge is 2.15. The average molecular weight is 504 g/mol. The predicted molar refractivity (Wildman–Crippen MR) is 154 cm³/mol. The molecule has 3 aromatic rings. The standard InChI is InChI=1S/C30H35NO4.C2H6/c1-7-24(25-11-9-8-10-22(25)18-32)28(13-12-21(4)20(2)3)35-29-14-15-31-27-16-23(19-33-5)30(34-6)17-26(27)29;1-2/h8-17,32H,7,18-19H2,1-6H3;1-2H3/b13-12-,28-24-;. The number of hydrogen-bond acceptors (Lipinski definition) is 5. The van der Waals surface area contributed by atoms with E-state index in [0.29, 0.717) is 12.4 Å². The first-order valence-corrected chi connectivity index (χ1v) is 12.8. The number of aliphatic hydroxyl groups excluding tert-OH is 1. The van der Waals surface area contributed by atoms with Crippen LogP contribution < -0.4 is 9.47 Å². The molecule has 0 spiro atoms. The van der Waals surface area contributed by atoms with Gasteiger partial charge in [-0.2, -0.15) is 0 Å². The van der Waals surface area contributed by atoms with Crippen LogP contribution in [0.15, 0.2) is 77.7 Å². The first-order valence-electron chi connectivity index (χ1n) is 12.8. The summed E-state index contributed by atoms with van der Waals surface area (Å²) in [6.45, 7) is 12.7. The number of aromatic nitrogens is 1. The van der Waals surface area contributed by atoms with Crippen LogP contribution in [0.25, 0.3) is 16.5 Å². The number of fused-ring (bicyclic) bond motifs is 1. The summed E-state index contributed by atoms with van der Waals surface area (Å²) in [6, 6.07) is 13.7. The second kappa shape index (κ2) is 15.0. The minimum atomic E-state index is -0.0403. The first-order chi connectivity index (χ1) is 17.9. The van der Waals surface area contributed by atoms with Crippen LogP contribution in [0.2, 0.25) is 0 Å². The lowest BCUT2D eigenvalue weighted by molar-refractivity contribution is 0.182. The molecule has 37 heavy (non-hydrogen) atoms. The molecule has 0 saturated heterocycles. The summed E-state index contributed by atoms with van der Waals surface area (Å²) in [6.07, 6.45) is 6.56. The minimum Gasteiger partial charge on any atom is -0.496 e. The number of nitrogens with zero attached hydrogens (tertiary/aromatic N) is 1. The number of aliphatic hydroxyl groups is 1. The normalized spacial score (nSPS) is 11.6. The van der Waals surface area contributed by atoms with Gasteiger partial charge in [-0.25, -0.2) is 0 Å². The van der Waals surface area contributed by atoms with E-state index in [1.807, 2.05) is 62.4 Å². The molecule has 5 nitrogen and oxygen atoms in total. The zero-order valence-electron chi connectivity index (χ0n) is 23.5. The maximum Gasteiger partial charge on any atom is 0.138 e. The van der Waals surface area contributed by atoms with Gasteiger partial charge >= 0.3 is 0 Å². The van der Waals surface area contributed by atoms with Gasteiger partial charge in [0.15, 0.2) is 0 Å². The summed E-state index contributed by atoms with van der Waals surface area (Å²) in [5.41, 5.74) is 6.98. The van der Waals surface area contributed by atoms with Crippen molar-refractivity contribution in [3.63, 3.8) is 0 Å². The summed E-state index contributed by atoms with van der Waals surface area (Å²) >= 11 is 0. The third kappa shape index (κ3) is 7.54. The van der Waals surface area contributed by atoms with E-state index in [0.717, 1.165) is 51.1 Å². The lowest BCUT2D eigenvalue weighted by Crippen LogP contribution is -2.02. The molecule has 0 amide bonds. The van der Waals surface area contributed by atoms with Crippen molar-refractivity contribution in [2.24, 2.45) is 0 Å². The number of methoxy groups -OCH3 is 2. The van der Waals surface area contributed by atoms with Crippen LogP contribution in [-0.2, 0) is 18.0 Å². The molecule has 198 valence electrons. The average Bonchev–Trinajstić information content (AvgIpc) is 2.93. The number of rotatable bonds is 10. The molecule has 3 rings (SSSR count). The molecule has 5 heteroatoms. The molecular weight excluding hydrogens is 462 g/mol. The molecule has 0 aliphatic heterocycles. The second-order valence-electron chi connectivity index (χ2n) is 8.55. The van der Waals surface area contributed by atoms with E-state index >= 15 is 0 Å². The van der Waals surface area contributed by atoms with Crippen molar-refractivity contribution in [3.8, 4) is 11.5 Å². The summed E-state index contributed by atoms with van der Waals surface area (Å²) in [4.78, 5) is 4.55. The Morgan fingerprint density at radius 2 is 1.68 bits per heavy atom. The van der Waals surface area contributed by atoms with E-state index < -0.39 is 0 Å². The third-order valence-electron chi connectivity index (χ3n) is 6.06. The lowest BCUT2D eigenvalue weighted by atomic mass is 9.96. The van der Waals surface area contributed by atoms with Crippen LogP contribution in [0.5, 0.6) is 11.5 Å². The van der Waals surface area contributed by atoms with Crippen molar-refractivity contribution in [1.29, 1.82) is 0 Å². The monoisotopic (exact) mass is 503 g/mol. The van der Waals surface area contributed by atoms with Crippen LogP contribution in [0.3, 0.4) is 0 Å². The summed E-state index contributed by atoms with van der Waals surface area (Å²) in [7, 11) is 3.31. The molecular formula is C32H41NO4. The SMILES string of the molecule is CC.CC/C(=C(\C=C/C(C)=C(C)C)Oc1ccnc2cc(COC)c(OC)cc12)c1ccccc1CO. The zero-order valence-corrected chi connectivity index (χ0v) is 23.5. The van der Waals surface area contributed by atoms with E-state index in [9.17, 15) is 5.11 Å². The molecule has 0 aliphatic carbocycles. The Hall–Kier alpha value is -3.41. The molecule has 1 heterocycles. The summed E-state index contributed by atoms with van der Waals surface area (Å²) < 4.78 is 17.6. The molecule has 0 radical (unpaired) electrons. The van der Waals surface area contributed by atoms with Gasteiger partial charge in [-0.05, 0) is 62.6 Å². The number of hydrogen-bond donors (Lipinski definition) is 1. The maximum atomic E-state index is 9.97. The largest absolute Gasteiger partial charge is 0.496 e. The Morgan fingerprint density at radius 3 is 2.30 bits per heavy atom. The fourth-order valence-electron chi connectivity index (χ4n) is 3.87. The molecule has 0 bridgehead atoms. The third-order valence-corrected chi connectivity index (χ3v) is 6.06. The van der Waals surface area contributed by atoms with Crippen molar-refractivity contribution >= 4 is 16.5 Å². The van der Waals surface area contributed by atoms with Crippen molar-refractivity contribution in [2.45, 2.75) is 61.2 Å². The van der Waals surface area contributed by atoms with Crippen molar-refractivity contribution in [2.75, 3.05) is 14.2 Å². The van der Waals surface area contributed by atoms with Crippen molar-refractivity contribution < 1.29 is 19.3 Å². The highest BCUT2D eigenvalue weighted by molar-refractivity contribution is 5.87. The summed E-state index contributed by atoms with van der Waals surface area (Å²) in [5, 5.41) is 10.8. The number of benzene rings is 2. The molecule has 1 aromatic heterocycles. The molecule has 0 fully saturated rings. The van der Waals surface area contributed by atoms with Crippen LogP contribution in [0.4, 0.5) is 0 Å². The van der Waals surface area contributed by atoms with Gasteiger partial charge in [0.25, 0.3) is 0 Å². The van der Waals surface area contributed by atoms with Gasteiger partial charge in [0.2, 0.25) is 0 Å². The Labute approximate surface area is 222 Å². The van der Waals surface area contributed by atoms with Crippen molar-refractivity contribution in [1.82, 2.24) is 4.98 Å². The maximum absolute atomic E-state index is 9.97. The van der Waals surface area contributed by atoms with Crippen LogP contribution in [0.1, 0.15) is 64.7 Å². The Kier molecular flexibility index (Phi) is 12.1. The Morgan fingerprint density at radius 1 is 0.946 bits per heavy atom. The van der Waals surface area contributed by atoms with E-state index in [1.54, 1.807) is 20.4 Å². The molecule has 0 unspecified atom stereocenters. The molecule has 2 aromatic carbocycles. The molecule has 0 atom stereocenters. The smallest absolute Gasteiger partial charge is 0.138 e. The van der Waals surface area contributed by atoms with Gasteiger partial charge in [0.05, 0.1) is 25.8 Å². The lowest BCUT2D eigenvalue weighted by Gasteiger charge is -2.17. The highest BCUT2D eigenvalue weighted by Crippen LogP contribution is 2.35. The fourth-order valence-corrected chi connectivity index (χ4v) is 3.87. The summed E-state index contributed by atoms with van der Waals surface area (Å²) in [5.74, 6) is 2.13. The van der Waals surface area contributed by atoms with Crippen molar-refractivity contribution in [3.05, 3.63) is 94.4 Å². The van der Waals surface area contributed by atoms with E-state index in [-0.39, 0.29) is 6.61 Å². The quantitative estimate of drug-likeness (QED) is 0.224. The van der Waals surface area contributed by atoms with Gasteiger partial charge in [-0.15, -0.1) is 0 Å². The van der Waals surface area contributed by atoms with Gasteiger partial charge in [-0.1, -0.05) is 62.3 Å². The number of allylic oxidation sites excluding steroid dienone is 5. The van der Waals surface area contributed by atoms with Gasteiger partial charge in [0, 0.05) is 29.8 Å². The Bertz CT molecular complexity index is 1270. The van der Waals surface area contributed by atoms with Gasteiger partial charge < -0.3 is 19.3 Å². The van der Waals surface area contributed by atoms with Gasteiger partial charge in [-0.3, -0.25) is 4.98 Å². The van der Waals surface area contributed by atoms with Crippen LogP contribution in [-0.4, -0.2) is 24.3 Å². The van der Waals surface area contributed by atoms with Crippen LogP contribution >= 0.6 is 0 Å². The minimum absolute atomic E-state index is 0.0403. The molecule has 1 N–H and O–H groups in total. The molecule has 0 aliphatic rings. The topological polar surface area (TPSA) is 60.8 Å². The fraction of sp³-hybridized carbons (Fsp3) is 0.344. The Balaban J connectivity index is 0.00000235. The van der Waals surface area contributed by atoms with E-state index in [2.05, 4.69) is 38.8 Å². The van der Waals surface area contributed by atoms with E-state index in [4.69, 9.17) is 14.2 Å². The van der Waals surface area contributed by atoms with E-state index in [1.165, 1.54) is 11.1 Å². The number of pyridine rings is 1. The zero-order chi connectivity index (χ0) is 27.4. The predicted octanol–water partition coefficient (Wildman–Crippen LogP) is 8.02. The first kappa shape index (κ1) is 29.8. The second-order valence-corrected chi connectivity index (χ2v) is 8.55. The highest BCUT2D eigenvalue weighted by atomic mass is 16.5.